The quantitative estimate of drug-likeness (QED) is 0.752. The van der Waals surface area contributed by atoms with Crippen LogP contribution in [0.2, 0.25) is 0 Å². The molecule has 0 aliphatic rings. The molecule has 1 atom stereocenters. The summed E-state index contributed by atoms with van der Waals surface area (Å²) in [6.45, 7) is 11.5. The summed E-state index contributed by atoms with van der Waals surface area (Å²) in [4.78, 5) is 0. The van der Waals surface area contributed by atoms with Gasteiger partial charge in [0.05, 0.1) is 11.1 Å². The van der Waals surface area contributed by atoms with E-state index in [4.69, 9.17) is 4.74 Å². The highest BCUT2D eigenvalue weighted by molar-refractivity contribution is 9.10. The summed E-state index contributed by atoms with van der Waals surface area (Å²) < 4.78 is 7.03. The van der Waals surface area contributed by atoms with Gasteiger partial charge in [-0.3, -0.25) is 0 Å². The van der Waals surface area contributed by atoms with E-state index in [0.29, 0.717) is 11.8 Å². The molecule has 0 bridgehead atoms. The molecule has 0 radical (unpaired) electrons. The Hall–Kier alpha value is -0.540. The van der Waals surface area contributed by atoms with Gasteiger partial charge in [0.1, 0.15) is 5.75 Å². The molecule has 1 aromatic carbocycles. The van der Waals surface area contributed by atoms with Crippen molar-refractivity contribution in [1.82, 2.24) is 5.32 Å². The summed E-state index contributed by atoms with van der Waals surface area (Å²) in [5.74, 6) is 2.24. The Labute approximate surface area is 126 Å². The minimum atomic E-state index is 0.587. The van der Waals surface area contributed by atoms with E-state index < -0.39 is 0 Å². The van der Waals surface area contributed by atoms with E-state index in [1.54, 1.807) is 0 Å². The molecular weight excluding hydrogens is 302 g/mol. The van der Waals surface area contributed by atoms with Gasteiger partial charge in [-0.25, -0.2) is 0 Å². The first-order chi connectivity index (χ1) is 9.04. The number of para-hydroxylation sites is 1. The third kappa shape index (κ3) is 5.96. The average Bonchev–Trinajstić information content (AvgIpc) is 2.37. The fraction of sp³-hybridized carbons (Fsp3) is 0.625. The number of hydrogen-bond donors (Lipinski definition) is 1. The Kier molecular flexibility index (Phi) is 7.47. The zero-order chi connectivity index (χ0) is 14.3. The molecule has 1 aromatic rings. The van der Waals surface area contributed by atoms with Crippen molar-refractivity contribution in [3.63, 3.8) is 0 Å². The van der Waals surface area contributed by atoms with Gasteiger partial charge in [-0.1, -0.05) is 46.2 Å². The van der Waals surface area contributed by atoms with Crippen molar-refractivity contribution in [2.45, 2.75) is 40.7 Å². The first kappa shape index (κ1) is 16.5. The topological polar surface area (TPSA) is 21.3 Å². The highest BCUT2D eigenvalue weighted by atomic mass is 79.9. The van der Waals surface area contributed by atoms with Gasteiger partial charge < -0.3 is 10.1 Å². The molecule has 0 aliphatic heterocycles. The number of ether oxygens (including phenoxy) is 1. The Bertz CT molecular complexity index is 379. The number of halogens is 1. The van der Waals surface area contributed by atoms with Gasteiger partial charge in [0.15, 0.2) is 0 Å². The standard InChI is InChI=1S/C16H26BrNO/c1-5-13(4)11-19-16-14(7-6-8-15(16)17)10-18-9-12(2)3/h6-8,12-13,18H,5,9-11H2,1-4H3. The first-order valence-corrected chi connectivity index (χ1v) is 7.94. The molecule has 108 valence electrons. The van der Waals surface area contributed by atoms with Crippen molar-refractivity contribution in [3.8, 4) is 5.75 Å². The molecular formula is C16H26BrNO. The van der Waals surface area contributed by atoms with Crippen LogP contribution in [0, 0.1) is 11.8 Å². The van der Waals surface area contributed by atoms with E-state index in [1.807, 2.05) is 6.07 Å². The van der Waals surface area contributed by atoms with Gasteiger partial charge in [-0.05, 0) is 40.4 Å². The van der Waals surface area contributed by atoms with Crippen molar-refractivity contribution >= 4 is 15.9 Å². The summed E-state index contributed by atoms with van der Waals surface area (Å²) in [6.07, 6.45) is 1.14. The van der Waals surface area contributed by atoms with Crippen LogP contribution in [0.3, 0.4) is 0 Å². The molecule has 3 heteroatoms. The lowest BCUT2D eigenvalue weighted by atomic mass is 10.1. The Morgan fingerprint density at radius 2 is 2.00 bits per heavy atom. The summed E-state index contributed by atoms with van der Waals surface area (Å²) in [7, 11) is 0. The normalized spacial score (nSPS) is 12.7. The van der Waals surface area contributed by atoms with Crippen LogP contribution in [0.15, 0.2) is 22.7 Å². The van der Waals surface area contributed by atoms with E-state index in [9.17, 15) is 0 Å². The smallest absolute Gasteiger partial charge is 0.137 e. The van der Waals surface area contributed by atoms with E-state index in [1.165, 1.54) is 5.56 Å². The fourth-order valence-corrected chi connectivity index (χ4v) is 2.22. The maximum Gasteiger partial charge on any atom is 0.137 e. The highest BCUT2D eigenvalue weighted by Gasteiger charge is 2.09. The van der Waals surface area contributed by atoms with Crippen LogP contribution < -0.4 is 10.1 Å². The largest absolute Gasteiger partial charge is 0.492 e. The second kappa shape index (κ2) is 8.60. The lowest BCUT2D eigenvalue weighted by Crippen LogP contribution is -2.20. The van der Waals surface area contributed by atoms with Crippen LogP contribution in [0.5, 0.6) is 5.75 Å². The van der Waals surface area contributed by atoms with Crippen molar-refractivity contribution in [1.29, 1.82) is 0 Å². The monoisotopic (exact) mass is 327 g/mol. The molecule has 0 fully saturated rings. The maximum absolute atomic E-state index is 5.99. The number of hydrogen-bond acceptors (Lipinski definition) is 2. The first-order valence-electron chi connectivity index (χ1n) is 7.15. The minimum Gasteiger partial charge on any atom is -0.492 e. The third-order valence-corrected chi connectivity index (χ3v) is 3.75. The number of benzene rings is 1. The van der Waals surface area contributed by atoms with Gasteiger partial charge in [0, 0.05) is 12.1 Å². The molecule has 0 saturated heterocycles. The molecule has 0 amide bonds. The van der Waals surface area contributed by atoms with Crippen LogP contribution in [0.4, 0.5) is 0 Å². The van der Waals surface area contributed by atoms with E-state index in [0.717, 1.165) is 36.3 Å². The molecule has 19 heavy (non-hydrogen) atoms. The maximum atomic E-state index is 5.99. The second-order valence-corrected chi connectivity index (χ2v) is 6.43. The van der Waals surface area contributed by atoms with Crippen LogP contribution in [0.25, 0.3) is 0 Å². The van der Waals surface area contributed by atoms with Crippen LogP contribution in [0.1, 0.15) is 39.7 Å². The highest BCUT2D eigenvalue weighted by Crippen LogP contribution is 2.29. The van der Waals surface area contributed by atoms with E-state index in [2.05, 4.69) is 61.1 Å². The predicted molar refractivity (Wildman–Crippen MR) is 85.6 cm³/mol. The molecule has 1 unspecified atom stereocenters. The summed E-state index contributed by atoms with van der Waals surface area (Å²) in [5.41, 5.74) is 1.22. The van der Waals surface area contributed by atoms with Gasteiger partial charge >= 0.3 is 0 Å². The fourth-order valence-electron chi connectivity index (χ4n) is 1.69. The summed E-state index contributed by atoms with van der Waals surface area (Å²) in [6, 6.07) is 6.23. The zero-order valence-electron chi connectivity index (χ0n) is 12.5. The molecule has 0 aliphatic carbocycles. The van der Waals surface area contributed by atoms with Crippen molar-refractivity contribution in [2.75, 3.05) is 13.2 Å². The van der Waals surface area contributed by atoms with Gasteiger partial charge in [-0.15, -0.1) is 0 Å². The molecule has 1 rings (SSSR count). The van der Waals surface area contributed by atoms with Gasteiger partial charge in [0.25, 0.3) is 0 Å². The summed E-state index contributed by atoms with van der Waals surface area (Å²) >= 11 is 3.59. The van der Waals surface area contributed by atoms with E-state index >= 15 is 0 Å². The lowest BCUT2D eigenvalue weighted by Gasteiger charge is -2.16. The predicted octanol–water partition coefficient (Wildman–Crippen LogP) is 4.62. The van der Waals surface area contributed by atoms with Crippen LogP contribution in [-0.4, -0.2) is 13.2 Å². The third-order valence-electron chi connectivity index (χ3n) is 3.13. The Morgan fingerprint density at radius 1 is 1.26 bits per heavy atom. The number of rotatable bonds is 8. The second-order valence-electron chi connectivity index (χ2n) is 5.58. The van der Waals surface area contributed by atoms with E-state index in [-0.39, 0.29) is 0 Å². The van der Waals surface area contributed by atoms with Crippen molar-refractivity contribution in [2.24, 2.45) is 11.8 Å². The molecule has 0 heterocycles. The molecule has 0 spiro atoms. The number of nitrogens with one attached hydrogen (secondary N) is 1. The zero-order valence-corrected chi connectivity index (χ0v) is 14.1. The summed E-state index contributed by atoms with van der Waals surface area (Å²) in [5, 5.41) is 3.47. The SMILES string of the molecule is CCC(C)COc1c(Br)cccc1CNCC(C)C. The molecule has 1 N–H and O–H groups in total. The van der Waals surface area contributed by atoms with Gasteiger partial charge in [0.2, 0.25) is 0 Å². The van der Waals surface area contributed by atoms with Crippen LogP contribution in [-0.2, 0) is 6.54 Å². The molecule has 2 nitrogen and oxygen atoms in total. The Balaban J connectivity index is 2.66. The lowest BCUT2D eigenvalue weighted by molar-refractivity contribution is 0.252. The van der Waals surface area contributed by atoms with Crippen LogP contribution >= 0.6 is 15.9 Å². The van der Waals surface area contributed by atoms with Gasteiger partial charge in [-0.2, -0.15) is 0 Å². The van der Waals surface area contributed by atoms with Crippen molar-refractivity contribution < 1.29 is 4.74 Å². The molecule has 0 saturated carbocycles. The van der Waals surface area contributed by atoms with Crippen molar-refractivity contribution in [3.05, 3.63) is 28.2 Å². The minimum absolute atomic E-state index is 0.587. The molecule has 0 aromatic heterocycles. The average molecular weight is 328 g/mol. The Morgan fingerprint density at radius 3 is 2.63 bits per heavy atom.